The van der Waals surface area contributed by atoms with Crippen molar-refractivity contribution in [3.63, 3.8) is 0 Å². The first-order chi connectivity index (χ1) is 28.8. The van der Waals surface area contributed by atoms with Crippen molar-refractivity contribution < 1.29 is 48.2 Å². The molecule has 13 nitrogen and oxygen atoms in total. The lowest BCUT2D eigenvalue weighted by molar-refractivity contribution is -0.150. The van der Waals surface area contributed by atoms with Crippen LogP contribution in [0.15, 0.2) is 60.7 Å². The number of ether oxygens (including phenoxy) is 1. The van der Waals surface area contributed by atoms with Gasteiger partial charge in [-0.1, -0.05) is 113 Å². The van der Waals surface area contributed by atoms with Gasteiger partial charge in [-0.3, -0.25) is 38.4 Å². The van der Waals surface area contributed by atoms with Gasteiger partial charge in [-0.05, 0) is 49.1 Å². The Morgan fingerprint density at radius 1 is 0.833 bits per heavy atom. The van der Waals surface area contributed by atoms with Gasteiger partial charge in [-0.2, -0.15) is 0 Å². The first kappa shape index (κ1) is 47.6. The van der Waals surface area contributed by atoms with E-state index in [9.17, 15) is 43.5 Å². The van der Waals surface area contributed by atoms with Crippen LogP contribution in [-0.4, -0.2) is 81.6 Å². The average molecular weight is 830 g/mol. The van der Waals surface area contributed by atoms with E-state index in [4.69, 9.17) is 10.5 Å². The van der Waals surface area contributed by atoms with E-state index in [2.05, 4.69) is 5.32 Å². The molecule has 0 bridgehead atoms. The standard InChI is InChI=1S/C47H63N3O10/c1-3-5-22-38(45(48)56)49-43(54)24-23-40(51)44(55)34(15-4-2)26-42(53)39-27-35(60-30-32-18-11-7-12-19-32)29-50(39)46(57)36(33-20-13-8-14-21-33)28-41(52)37(47(58)59)25-31-16-9-6-10-17-31/h6-7,9-12,16-19,33-39H,3-5,8,13-15,20-30H2,1-2H3,(H2,48,56)(H,49,54)(H,58,59)/t34?,35-,36?,37?,38?,39+/m1/s1. The Balaban J connectivity index is 1.54. The number of nitrogens with zero attached hydrogens (tertiary/aromatic N) is 1. The summed E-state index contributed by atoms with van der Waals surface area (Å²) in [6.07, 6.45) is 4.91. The van der Waals surface area contributed by atoms with Gasteiger partial charge in [0.2, 0.25) is 23.5 Å². The predicted octanol–water partition coefficient (Wildman–Crippen LogP) is 5.73. The van der Waals surface area contributed by atoms with Crippen molar-refractivity contribution in [2.75, 3.05) is 6.54 Å². The molecule has 13 heteroatoms. The van der Waals surface area contributed by atoms with Crippen LogP contribution in [0, 0.1) is 23.7 Å². The second kappa shape index (κ2) is 24.3. The summed E-state index contributed by atoms with van der Waals surface area (Å²) in [6, 6.07) is 16.5. The molecule has 0 aromatic heterocycles. The summed E-state index contributed by atoms with van der Waals surface area (Å²) in [7, 11) is 0. The number of carboxylic acid groups (broad SMARTS) is 1. The van der Waals surface area contributed by atoms with Crippen molar-refractivity contribution >= 4 is 46.8 Å². The van der Waals surface area contributed by atoms with Crippen LogP contribution >= 0.6 is 0 Å². The zero-order chi connectivity index (χ0) is 43.6. The number of benzene rings is 2. The number of ketones is 4. The number of Topliss-reactive ketones (excluding diaryl/α,β-unsaturated/α-hetero) is 4. The molecule has 4 rings (SSSR count). The fraction of sp³-hybridized carbons (Fsp3) is 0.574. The molecule has 1 saturated heterocycles. The number of carbonyl (C=O) groups excluding carboxylic acids is 7. The highest BCUT2D eigenvalue weighted by atomic mass is 16.5. The topological polar surface area (TPSA) is 207 Å². The van der Waals surface area contributed by atoms with Crippen LogP contribution in [0.1, 0.15) is 121 Å². The Hall–Kier alpha value is -5.04. The highest BCUT2D eigenvalue weighted by molar-refractivity contribution is 6.38. The van der Waals surface area contributed by atoms with E-state index in [1.165, 1.54) is 4.90 Å². The molecule has 60 heavy (non-hydrogen) atoms. The van der Waals surface area contributed by atoms with Crippen molar-refractivity contribution in [3.8, 4) is 0 Å². The van der Waals surface area contributed by atoms with Gasteiger partial charge in [0.1, 0.15) is 17.7 Å². The zero-order valence-corrected chi connectivity index (χ0v) is 35.2. The van der Waals surface area contributed by atoms with Crippen LogP contribution < -0.4 is 11.1 Å². The minimum absolute atomic E-state index is 0.0100. The minimum Gasteiger partial charge on any atom is -0.481 e. The van der Waals surface area contributed by atoms with Gasteiger partial charge in [0, 0.05) is 50.5 Å². The number of likely N-dealkylation sites (tertiary alicyclic amines) is 1. The third-order valence-electron chi connectivity index (χ3n) is 12.0. The number of amides is 3. The molecule has 4 N–H and O–H groups in total. The molecule has 1 aliphatic heterocycles. The van der Waals surface area contributed by atoms with Crippen molar-refractivity contribution in [1.82, 2.24) is 10.2 Å². The fourth-order valence-electron chi connectivity index (χ4n) is 8.60. The summed E-state index contributed by atoms with van der Waals surface area (Å²) >= 11 is 0. The number of nitrogens with two attached hydrogens (primary N) is 1. The first-order valence-corrected chi connectivity index (χ1v) is 21.8. The summed E-state index contributed by atoms with van der Waals surface area (Å²) in [5.74, 6) is -8.82. The van der Waals surface area contributed by atoms with E-state index < -0.39 is 89.2 Å². The van der Waals surface area contributed by atoms with Crippen molar-refractivity contribution in [2.24, 2.45) is 29.4 Å². The minimum atomic E-state index is -1.35. The molecule has 326 valence electrons. The third kappa shape index (κ3) is 14.3. The Kier molecular flexibility index (Phi) is 19.3. The Bertz CT molecular complexity index is 1780. The first-order valence-electron chi connectivity index (χ1n) is 21.8. The second-order valence-corrected chi connectivity index (χ2v) is 16.5. The van der Waals surface area contributed by atoms with Gasteiger partial charge in [-0.25, -0.2) is 0 Å². The smallest absolute Gasteiger partial charge is 0.314 e. The molecule has 1 heterocycles. The molecule has 2 aromatic rings. The normalized spacial score (nSPS) is 18.8. The van der Waals surface area contributed by atoms with Gasteiger partial charge in [-0.15, -0.1) is 0 Å². The quantitative estimate of drug-likeness (QED) is 0.0776. The molecule has 0 radical (unpaired) electrons. The highest BCUT2D eigenvalue weighted by Gasteiger charge is 2.46. The molecule has 1 aliphatic carbocycles. The van der Waals surface area contributed by atoms with Crippen LogP contribution in [-0.2, 0) is 56.1 Å². The Labute approximate surface area is 353 Å². The summed E-state index contributed by atoms with van der Waals surface area (Å²) in [5, 5.41) is 12.7. The van der Waals surface area contributed by atoms with Crippen molar-refractivity contribution in [3.05, 3.63) is 71.8 Å². The van der Waals surface area contributed by atoms with Gasteiger partial charge < -0.3 is 25.8 Å². The van der Waals surface area contributed by atoms with Gasteiger partial charge in [0.15, 0.2) is 11.6 Å². The maximum atomic E-state index is 14.9. The maximum Gasteiger partial charge on any atom is 0.314 e. The summed E-state index contributed by atoms with van der Waals surface area (Å²) in [5.41, 5.74) is 7.03. The number of carboxylic acids is 1. The van der Waals surface area contributed by atoms with E-state index in [1.807, 2.05) is 50.2 Å². The van der Waals surface area contributed by atoms with E-state index in [1.54, 1.807) is 24.3 Å². The summed E-state index contributed by atoms with van der Waals surface area (Å²) in [6.45, 7) is 4.06. The number of rotatable bonds is 26. The lowest BCUT2D eigenvalue weighted by atomic mass is 9.75. The number of nitrogens with one attached hydrogen (secondary N) is 1. The molecule has 2 aliphatic rings. The Morgan fingerprint density at radius 3 is 2.08 bits per heavy atom. The van der Waals surface area contributed by atoms with Crippen LogP contribution in [0.5, 0.6) is 0 Å². The fourth-order valence-corrected chi connectivity index (χ4v) is 8.60. The number of unbranched alkanes of at least 4 members (excludes halogenated alkanes) is 1. The second-order valence-electron chi connectivity index (χ2n) is 16.5. The molecular formula is C47H63N3O10. The Morgan fingerprint density at radius 2 is 1.48 bits per heavy atom. The van der Waals surface area contributed by atoms with Crippen LogP contribution in [0.4, 0.5) is 0 Å². The summed E-state index contributed by atoms with van der Waals surface area (Å²) in [4.78, 5) is 108. The molecule has 2 fully saturated rings. The number of aliphatic carboxylic acids is 1. The lowest BCUT2D eigenvalue weighted by Crippen LogP contribution is -2.47. The number of hydrogen-bond donors (Lipinski definition) is 3. The highest BCUT2D eigenvalue weighted by Crippen LogP contribution is 2.37. The van der Waals surface area contributed by atoms with Crippen LogP contribution in [0.2, 0.25) is 0 Å². The van der Waals surface area contributed by atoms with E-state index in [0.717, 1.165) is 31.2 Å². The number of carbonyl (C=O) groups is 8. The predicted molar refractivity (Wildman–Crippen MR) is 224 cm³/mol. The molecular weight excluding hydrogens is 767 g/mol. The van der Waals surface area contributed by atoms with Crippen molar-refractivity contribution in [1.29, 1.82) is 0 Å². The molecule has 1 saturated carbocycles. The monoisotopic (exact) mass is 829 g/mol. The summed E-state index contributed by atoms with van der Waals surface area (Å²) < 4.78 is 6.27. The number of primary amides is 1. The maximum absolute atomic E-state index is 14.9. The van der Waals surface area contributed by atoms with E-state index in [-0.39, 0.29) is 57.6 Å². The lowest BCUT2D eigenvalue weighted by Gasteiger charge is -2.34. The van der Waals surface area contributed by atoms with Crippen molar-refractivity contribution in [2.45, 2.75) is 141 Å². The molecule has 3 amide bonds. The SMILES string of the molecule is CCCCC(NC(=O)CCC(=O)C(=O)C(CCC)CC(=O)[C@@H]1C[C@@H](OCc2ccccc2)CN1C(=O)C(CC(=O)C(Cc1ccccc1)C(=O)O)C1CCCCC1)C(N)=O. The van der Waals surface area contributed by atoms with Gasteiger partial charge >= 0.3 is 5.97 Å². The zero-order valence-electron chi connectivity index (χ0n) is 35.2. The average Bonchev–Trinajstić information content (AvgIpc) is 3.69. The third-order valence-corrected chi connectivity index (χ3v) is 12.0. The largest absolute Gasteiger partial charge is 0.481 e. The van der Waals surface area contributed by atoms with Gasteiger partial charge in [0.25, 0.3) is 0 Å². The van der Waals surface area contributed by atoms with E-state index >= 15 is 0 Å². The van der Waals surface area contributed by atoms with Crippen LogP contribution in [0.25, 0.3) is 0 Å². The molecule has 2 aromatic carbocycles. The number of hydrogen-bond acceptors (Lipinski definition) is 9. The molecule has 0 spiro atoms. The molecule has 6 atom stereocenters. The molecule has 4 unspecified atom stereocenters. The van der Waals surface area contributed by atoms with E-state index in [0.29, 0.717) is 37.7 Å². The van der Waals surface area contributed by atoms with Gasteiger partial charge in [0.05, 0.1) is 18.8 Å². The van der Waals surface area contributed by atoms with Crippen LogP contribution in [0.3, 0.4) is 0 Å².